The average Bonchev–Trinajstić information content (AvgIpc) is 2.68. The van der Waals surface area contributed by atoms with Crippen molar-refractivity contribution in [2.24, 2.45) is 5.92 Å². The van der Waals surface area contributed by atoms with Gasteiger partial charge in [0, 0.05) is 11.4 Å². The topological polar surface area (TPSA) is 81.7 Å². The Kier molecular flexibility index (Phi) is 9.45. The summed E-state index contributed by atoms with van der Waals surface area (Å²) in [7, 11) is 0. The summed E-state index contributed by atoms with van der Waals surface area (Å²) in [5.74, 6) is -0.451. The van der Waals surface area contributed by atoms with Crippen LogP contribution in [0.3, 0.4) is 0 Å². The van der Waals surface area contributed by atoms with Gasteiger partial charge in [0.15, 0.2) is 0 Å². The van der Waals surface area contributed by atoms with Gasteiger partial charge in [0.1, 0.15) is 6.10 Å². The Balaban J connectivity index is 1.87. The van der Waals surface area contributed by atoms with Gasteiger partial charge in [-0.15, -0.1) is 0 Å². The van der Waals surface area contributed by atoms with E-state index in [1.54, 1.807) is 31.2 Å². The Morgan fingerprint density at radius 2 is 1.79 bits per heavy atom. The van der Waals surface area contributed by atoms with E-state index in [0.717, 1.165) is 25.7 Å². The van der Waals surface area contributed by atoms with Gasteiger partial charge in [-0.25, -0.2) is 0 Å². The van der Waals surface area contributed by atoms with Crippen LogP contribution in [0, 0.1) is 5.92 Å². The molecule has 7 heteroatoms. The van der Waals surface area contributed by atoms with Crippen molar-refractivity contribution in [3.63, 3.8) is 0 Å². The number of benzene rings is 1. The third kappa shape index (κ3) is 8.05. The lowest BCUT2D eigenvalue weighted by atomic mass is 9.89. The van der Waals surface area contributed by atoms with E-state index < -0.39 is 12.0 Å². The molecule has 0 heterocycles. The molecule has 1 aliphatic rings. The lowest BCUT2D eigenvalue weighted by Crippen LogP contribution is -2.31. The largest absolute Gasteiger partial charge is 0.466 e. The number of carbonyl (C=O) groups excluding carboxylic acids is 3. The lowest BCUT2D eigenvalue weighted by molar-refractivity contribution is -0.152. The second-order valence-electron chi connectivity index (χ2n) is 7.52. The summed E-state index contributed by atoms with van der Waals surface area (Å²) in [6.45, 7) is 4.18. The molecule has 160 valence electrons. The first-order valence-corrected chi connectivity index (χ1v) is 10.7. The van der Waals surface area contributed by atoms with E-state index in [-0.39, 0.29) is 43.8 Å². The fourth-order valence-corrected chi connectivity index (χ4v) is 3.72. The molecule has 1 amide bonds. The number of ether oxygens (including phenoxy) is 2. The van der Waals surface area contributed by atoms with Gasteiger partial charge in [0.05, 0.1) is 25.5 Å². The highest BCUT2D eigenvalue weighted by molar-refractivity contribution is 6.31. The van der Waals surface area contributed by atoms with E-state index in [1.807, 2.05) is 0 Å². The Bertz CT molecular complexity index is 700. The van der Waals surface area contributed by atoms with Crippen LogP contribution >= 0.6 is 11.6 Å². The van der Waals surface area contributed by atoms with E-state index in [0.29, 0.717) is 16.5 Å². The number of halogens is 1. The van der Waals surface area contributed by atoms with Crippen LogP contribution in [-0.2, 0) is 23.9 Å². The van der Waals surface area contributed by atoms with Gasteiger partial charge in [0.2, 0.25) is 5.91 Å². The molecule has 0 aromatic heterocycles. The Labute approximate surface area is 177 Å². The van der Waals surface area contributed by atoms with E-state index in [2.05, 4.69) is 12.2 Å². The highest BCUT2D eigenvalue weighted by Gasteiger charge is 2.24. The smallest absolute Gasteiger partial charge is 0.308 e. The van der Waals surface area contributed by atoms with Gasteiger partial charge in [-0.3, -0.25) is 14.4 Å². The first kappa shape index (κ1) is 23.2. The average molecular weight is 424 g/mol. The van der Waals surface area contributed by atoms with Crippen molar-refractivity contribution >= 4 is 29.4 Å². The fraction of sp³-hybridized carbons (Fsp3) is 0.591. The third-order valence-electron chi connectivity index (χ3n) is 5.11. The zero-order valence-corrected chi connectivity index (χ0v) is 17.9. The minimum Gasteiger partial charge on any atom is -0.466 e. The van der Waals surface area contributed by atoms with Crippen LogP contribution in [-0.4, -0.2) is 30.6 Å². The Morgan fingerprint density at radius 3 is 2.45 bits per heavy atom. The number of hydrogen-bond acceptors (Lipinski definition) is 5. The minimum absolute atomic E-state index is 0.00648. The van der Waals surface area contributed by atoms with Gasteiger partial charge in [-0.05, 0) is 50.2 Å². The van der Waals surface area contributed by atoms with Gasteiger partial charge < -0.3 is 14.8 Å². The molecule has 1 saturated carbocycles. The molecule has 0 aliphatic heterocycles. The van der Waals surface area contributed by atoms with E-state index in [1.165, 1.54) is 0 Å². The number of carbonyl (C=O) groups is 3. The predicted octanol–water partition coefficient (Wildman–Crippen LogP) is 4.35. The molecule has 1 aliphatic carbocycles. The maximum Gasteiger partial charge on any atom is 0.308 e. The van der Waals surface area contributed by atoms with Crippen LogP contribution in [0.15, 0.2) is 24.3 Å². The Hall–Kier alpha value is -2.08. The second-order valence-corrected chi connectivity index (χ2v) is 7.93. The van der Waals surface area contributed by atoms with E-state index in [9.17, 15) is 14.4 Å². The van der Waals surface area contributed by atoms with Crippen molar-refractivity contribution in [1.29, 1.82) is 0 Å². The number of amides is 1. The summed E-state index contributed by atoms with van der Waals surface area (Å²) in [5.41, 5.74) is 0.634. The molecule has 0 radical (unpaired) electrons. The van der Waals surface area contributed by atoms with Crippen LogP contribution in [0.2, 0.25) is 5.02 Å². The maximum absolute atomic E-state index is 12.4. The van der Waals surface area contributed by atoms with Crippen LogP contribution < -0.4 is 5.32 Å². The first-order chi connectivity index (χ1) is 13.9. The molecule has 1 aromatic rings. The highest BCUT2D eigenvalue weighted by atomic mass is 35.5. The van der Waals surface area contributed by atoms with Gasteiger partial charge in [-0.1, -0.05) is 36.7 Å². The summed E-state index contributed by atoms with van der Waals surface area (Å²) >= 11 is 6.23. The highest BCUT2D eigenvalue weighted by Crippen LogP contribution is 2.27. The zero-order chi connectivity index (χ0) is 21.2. The molecular weight excluding hydrogens is 394 g/mol. The minimum atomic E-state index is -0.619. The number of hydrogen-bond donors (Lipinski definition) is 1. The standard InChI is InChI=1S/C22H30ClNO5/c1-3-28-22(27)14-19(17-6-4-5-7-18(17)23)24-20(25)12-13-21(26)29-16-10-8-15(2)9-11-16/h4-7,15-16,19H,3,8-14H2,1-2H3,(H,24,25)/t15?,16?,19-/m0/s1. The van der Waals surface area contributed by atoms with Crippen LogP contribution in [0.5, 0.6) is 0 Å². The molecule has 0 saturated heterocycles. The van der Waals surface area contributed by atoms with Crippen molar-refractivity contribution in [2.75, 3.05) is 6.61 Å². The Morgan fingerprint density at radius 1 is 1.10 bits per heavy atom. The molecule has 2 rings (SSSR count). The van der Waals surface area contributed by atoms with Crippen LogP contribution in [0.4, 0.5) is 0 Å². The van der Waals surface area contributed by atoms with Gasteiger partial charge >= 0.3 is 11.9 Å². The summed E-state index contributed by atoms with van der Waals surface area (Å²) in [5, 5.41) is 3.25. The molecular formula is C22H30ClNO5. The van der Waals surface area contributed by atoms with Crippen molar-refractivity contribution in [3.05, 3.63) is 34.9 Å². The predicted molar refractivity (Wildman–Crippen MR) is 110 cm³/mol. The summed E-state index contributed by atoms with van der Waals surface area (Å²) < 4.78 is 10.5. The molecule has 1 aromatic carbocycles. The fourth-order valence-electron chi connectivity index (χ4n) is 3.46. The molecule has 6 nitrogen and oxygen atoms in total. The van der Waals surface area contributed by atoms with Crippen molar-refractivity contribution < 1.29 is 23.9 Å². The number of esters is 2. The first-order valence-electron chi connectivity index (χ1n) is 10.3. The molecule has 1 fully saturated rings. The summed E-state index contributed by atoms with van der Waals surface area (Å²) in [4.78, 5) is 36.4. The quantitative estimate of drug-likeness (QED) is 0.597. The van der Waals surface area contributed by atoms with Crippen LogP contribution in [0.25, 0.3) is 0 Å². The maximum atomic E-state index is 12.4. The van der Waals surface area contributed by atoms with Crippen molar-refractivity contribution in [1.82, 2.24) is 5.32 Å². The van der Waals surface area contributed by atoms with Crippen LogP contribution in [0.1, 0.15) is 70.4 Å². The molecule has 0 bridgehead atoms. The molecule has 0 unspecified atom stereocenters. The molecule has 1 N–H and O–H groups in total. The van der Waals surface area contributed by atoms with E-state index in [4.69, 9.17) is 21.1 Å². The second kappa shape index (κ2) is 11.8. The molecule has 1 atom stereocenters. The lowest BCUT2D eigenvalue weighted by Gasteiger charge is -2.26. The number of rotatable bonds is 9. The molecule has 29 heavy (non-hydrogen) atoms. The molecule has 0 spiro atoms. The van der Waals surface area contributed by atoms with Gasteiger partial charge in [0.25, 0.3) is 0 Å². The summed E-state index contributed by atoms with van der Waals surface area (Å²) in [6, 6.07) is 6.39. The number of nitrogens with one attached hydrogen (secondary N) is 1. The summed E-state index contributed by atoms with van der Waals surface area (Å²) in [6.07, 6.45) is 3.81. The van der Waals surface area contributed by atoms with Crippen molar-refractivity contribution in [2.45, 2.75) is 70.9 Å². The zero-order valence-electron chi connectivity index (χ0n) is 17.1. The van der Waals surface area contributed by atoms with Crippen molar-refractivity contribution in [3.8, 4) is 0 Å². The monoisotopic (exact) mass is 423 g/mol. The normalized spacial score (nSPS) is 19.8. The SMILES string of the molecule is CCOC(=O)C[C@H](NC(=O)CCC(=O)OC1CCC(C)CC1)c1ccccc1Cl. The van der Waals surface area contributed by atoms with E-state index >= 15 is 0 Å². The third-order valence-corrected chi connectivity index (χ3v) is 5.45. The van der Waals surface area contributed by atoms with Gasteiger partial charge in [-0.2, -0.15) is 0 Å².